The van der Waals surface area contributed by atoms with Crippen LogP contribution in [0.1, 0.15) is 38.2 Å². The molecule has 116 valence electrons. The fourth-order valence-corrected chi connectivity index (χ4v) is 2.58. The maximum Gasteiger partial charge on any atom is 0.191 e. The molecule has 2 rings (SSSR count). The van der Waals surface area contributed by atoms with Crippen LogP contribution >= 0.6 is 0 Å². The van der Waals surface area contributed by atoms with Crippen LogP contribution in [0, 0.1) is 0 Å². The number of hydrogen-bond donors (Lipinski definition) is 3. The Kier molecular flexibility index (Phi) is 6.47. The molecule has 1 heterocycles. The van der Waals surface area contributed by atoms with E-state index in [1.54, 1.807) is 6.20 Å². The van der Waals surface area contributed by atoms with Crippen LogP contribution in [0.15, 0.2) is 29.5 Å². The minimum Gasteiger partial charge on any atom is -0.393 e. The van der Waals surface area contributed by atoms with Crippen molar-refractivity contribution in [3.8, 4) is 0 Å². The van der Waals surface area contributed by atoms with Gasteiger partial charge in [-0.25, -0.2) is 0 Å². The second-order valence-corrected chi connectivity index (χ2v) is 5.52. The van der Waals surface area contributed by atoms with Gasteiger partial charge in [0.2, 0.25) is 0 Å². The van der Waals surface area contributed by atoms with Gasteiger partial charge < -0.3 is 15.7 Å². The van der Waals surface area contributed by atoms with Crippen molar-refractivity contribution in [2.24, 2.45) is 4.99 Å². The number of aliphatic hydroxyl groups excluding tert-OH is 1. The van der Waals surface area contributed by atoms with Gasteiger partial charge in [0.1, 0.15) is 0 Å². The first kappa shape index (κ1) is 15.8. The fraction of sp³-hybridized carbons (Fsp3) is 0.625. The Labute approximate surface area is 126 Å². The van der Waals surface area contributed by atoms with E-state index >= 15 is 0 Å². The van der Waals surface area contributed by atoms with Gasteiger partial charge in [0, 0.05) is 31.5 Å². The van der Waals surface area contributed by atoms with Crippen molar-refractivity contribution in [1.82, 2.24) is 15.6 Å². The van der Waals surface area contributed by atoms with Crippen molar-refractivity contribution in [1.29, 1.82) is 0 Å². The zero-order valence-electron chi connectivity index (χ0n) is 12.8. The van der Waals surface area contributed by atoms with Gasteiger partial charge in [-0.05, 0) is 50.7 Å². The first-order valence-electron chi connectivity index (χ1n) is 7.89. The first-order valence-corrected chi connectivity index (χ1v) is 7.89. The topological polar surface area (TPSA) is 69.5 Å². The third-order valence-electron chi connectivity index (χ3n) is 3.77. The molecule has 0 spiro atoms. The molecule has 1 fully saturated rings. The van der Waals surface area contributed by atoms with Crippen LogP contribution in [0.2, 0.25) is 0 Å². The third-order valence-corrected chi connectivity index (χ3v) is 3.77. The molecule has 0 unspecified atom stereocenters. The summed E-state index contributed by atoms with van der Waals surface area (Å²) in [6.45, 7) is 3.67. The van der Waals surface area contributed by atoms with E-state index in [1.807, 2.05) is 12.3 Å². The largest absolute Gasteiger partial charge is 0.393 e. The molecule has 1 saturated carbocycles. The fourth-order valence-electron chi connectivity index (χ4n) is 2.58. The van der Waals surface area contributed by atoms with Crippen LogP contribution < -0.4 is 10.6 Å². The smallest absolute Gasteiger partial charge is 0.191 e. The summed E-state index contributed by atoms with van der Waals surface area (Å²) in [4.78, 5) is 8.74. The molecule has 1 aromatic heterocycles. The van der Waals surface area contributed by atoms with Gasteiger partial charge in [-0.3, -0.25) is 9.98 Å². The van der Waals surface area contributed by atoms with Crippen molar-refractivity contribution in [3.05, 3.63) is 30.1 Å². The SMILES string of the molecule is CCNC(=NCCc1cccnc1)NC1CCC(O)CC1. The normalized spacial score (nSPS) is 22.9. The van der Waals surface area contributed by atoms with Crippen molar-refractivity contribution >= 4 is 5.96 Å². The lowest BCUT2D eigenvalue weighted by molar-refractivity contribution is 0.120. The van der Waals surface area contributed by atoms with Crippen molar-refractivity contribution in [3.63, 3.8) is 0 Å². The zero-order chi connectivity index (χ0) is 14.9. The van der Waals surface area contributed by atoms with E-state index in [9.17, 15) is 5.11 Å². The van der Waals surface area contributed by atoms with Gasteiger partial charge in [0.15, 0.2) is 5.96 Å². The quantitative estimate of drug-likeness (QED) is 0.567. The summed E-state index contributed by atoms with van der Waals surface area (Å²) >= 11 is 0. The second-order valence-electron chi connectivity index (χ2n) is 5.52. The van der Waals surface area contributed by atoms with Crippen molar-refractivity contribution in [2.75, 3.05) is 13.1 Å². The van der Waals surface area contributed by atoms with Crippen LogP contribution in [0.4, 0.5) is 0 Å². The first-order chi connectivity index (χ1) is 10.3. The minimum absolute atomic E-state index is 0.117. The highest BCUT2D eigenvalue weighted by atomic mass is 16.3. The highest BCUT2D eigenvalue weighted by molar-refractivity contribution is 5.80. The summed E-state index contributed by atoms with van der Waals surface area (Å²) in [5.74, 6) is 0.878. The Bertz CT molecular complexity index is 427. The average Bonchev–Trinajstić information content (AvgIpc) is 2.51. The minimum atomic E-state index is -0.117. The number of rotatable bonds is 5. The molecule has 0 atom stereocenters. The summed E-state index contributed by atoms with van der Waals surface area (Å²) < 4.78 is 0. The molecule has 0 bridgehead atoms. The van der Waals surface area contributed by atoms with Crippen LogP contribution in [0.3, 0.4) is 0 Å². The highest BCUT2D eigenvalue weighted by Crippen LogP contribution is 2.18. The van der Waals surface area contributed by atoms with Gasteiger partial charge in [-0.15, -0.1) is 0 Å². The molecule has 0 amide bonds. The third kappa shape index (κ3) is 5.71. The molecule has 0 saturated heterocycles. The number of aromatic nitrogens is 1. The maximum atomic E-state index is 9.55. The van der Waals surface area contributed by atoms with Crippen molar-refractivity contribution < 1.29 is 5.11 Å². The van der Waals surface area contributed by atoms with E-state index in [4.69, 9.17) is 0 Å². The average molecular weight is 290 g/mol. The summed E-state index contributed by atoms with van der Waals surface area (Å²) in [6.07, 6.45) is 8.23. The van der Waals surface area contributed by atoms with E-state index in [-0.39, 0.29) is 6.10 Å². The highest BCUT2D eigenvalue weighted by Gasteiger charge is 2.19. The Morgan fingerprint density at radius 1 is 1.38 bits per heavy atom. The molecule has 1 aromatic rings. The molecule has 1 aliphatic rings. The Morgan fingerprint density at radius 2 is 2.19 bits per heavy atom. The van der Waals surface area contributed by atoms with E-state index in [0.717, 1.165) is 51.2 Å². The molecule has 0 aliphatic heterocycles. The number of nitrogens with zero attached hydrogens (tertiary/aromatic N) is 2. The van der Waals surface area contributed by atoms with E-state index < -0.39 is 0 Å². The Morgan fingerprint density at radius 3 is 2.86 bits per heavy atom. The number of nitrogens with one attached hydrogen (secondary N) is 2. The lowest BCUT2D eigenvalue weighted by atomic mass is 9.93. The standard InChI is InChI=1S/C16H26N4O/c1-2-18-16(20-14-5-7-15(21)8-6-14)19-11-9-13-4-3-10-17-12-13/h3-4,10,12,14-15,21H,2,5-9,11H2,1H3,(H2,18,19,20). The summed E-state index contributed by atoms with van der Waals surface area (Å²) in [5.41, 5.74) is 1.21. The van der Waals surface area contributed by atoms with Crippen molar-refractivity contribution in [2.45, 2.75) is 51.2 Å². The van der Waals surface area contributed by atoms with Gasteiger partial charge in [-0.1, -0.05) is 6.07 Å². The predicted octanol–water partition coefficient (Wildman–Crippen LogP) is 1.48. The lowest BCUT2D eigenvalue weighted by Crippen LogP contribution is -2.45. The molecular weight excluding hydrogens is 264 g/mol. The second kappa shape index (κ2) is 8.62. The summed E-state index contributed by atoms with van der Waals surface area (Å²) in [6, 6.07) is 4.45. The molecule has 1 aliphatic carbocycles. The number of aliphatic imine (C=N–C) groups is 1. The molecule has 5 nitrogen and oxygen atoms in total. The van der Waals surface area contributed by atoms with Crippen LogP contribution in [0.25, 0.3) is 0 Å². The summed E-state index contributed by atoms with van der Waals surface area (Å²) in [7, 11) is 0. The molecule has 0 aromatic carbocycles. The van der Waals surface area contributed by atoms with Gasteiger partial charge in [-0.2, -0.15) is 0 Å². The molecule has 0 radical (unpaired) electrons. The zero-order valence-corrected chi connectivity index (χ0v) is 12.8. The van der Waals surface area contributed by atoms with Crippen LogP contribution in [-0.4, -0.2) is 41.3 Å². The molecule has 21 heavy (non-hydrogen) atoms. The molecule has 3 N–H and O–H groups in total. The Balaban J connectivity index is 1.81. The number of pyridine rings is 1. The predicted molar refractivity (Wildman–Crippen MR) is 85.3 cm³/mol. The van der Waals surface area contributed by atoms with Gasteiger partial charge in [0.25, 0.3) is 0 Å². The number of hydrogen-bond acceptors (Lipinski definition) is 3. The Hall–Kier alpha value is -1.62. The monoisotopic (exact) mass is 290 g/mol. The molecule has 5 heteroatoms. The van der Waals surface area contributed by atoms with Gasteiger partial charge >= 0.3 is 0 Å². The van der Waals surface area contributed by atoms with Gasteiger partial charge in [0.05, 0.1) is 6.10 Å². The van der Waals surface area contributed by atoms with Crippen LogP contribution in [-0.2, 0) is 6.42 Å². The summed E-state index contributed by atoms with van der Waals surface area (Å²) in [5, 5.41) is 16.3. The molecular formula is C16H26N4O. The number of aliphatic hydroxyl groups is 1. The van der Waals surface area contributed by atoms with Crippen LogP contribution in [0.5, 0.6) is 0 Å². The van der Waals surface area contributed by atoms with E-state index in [0.29, 0.717) is 6.04 Å². The van der Waals surface area contributed by atoms with E-state index in [1.165, 1.54) is 5.56 Å². The number of guanidine groups is 1. The lowest BCUT2D eigenvalue weighted by Gasteiger charge is -2.27. The van der Waals surface area contributed by atoms with E-state index in [2.05, 4.69) is 33.6 Å². The maximum absolute atomic E-state index is 9.55.